The van der Waals surface area contributed by atoms with Gasteiger partial charge in [0.15, 0.2) is 0 Å². The van der Waals surface area contributed by atoms with Gasteiger partial charge in [0.05, 0.1) is 16.6 Å². The maximum Gasteiger partial charge on any atom is 0.262 e. The molecule has 14 heteroatoms. The number of hydrogen-bond acceptors (Lipinski definition) is 10. The van der Waals surface area contributed by atoms with Gasteiger partial charge in [-0.15, -0.1) is 0 Å². The zero-order valence-corrected chi connectivity index (χ0v) is 30.3. The van der Waals surface area contributed by atoms with E-state index in [4.69, 9.17) is 9.47 Å². The highest BCUT2D eigenvalue weighted by Gasteiger charge is 2.45. The zero-order chi connectivity index (χ0) is 37.8. The monoisotopic (exact) mass is 741 g/mol. The van der Waals surface area contributed by atoms with E-state index in [0.29, 0.717) is 50.7 Å². The Kier molecular flexibility index (Phi) is 8.76. The average molecular weight is 742 g/mol. The van der Waals surface area contributed by atoms with E-state index in [-0.39, 0.29) is 41.9 Å². The second kappa shape index (κ2) is 13.9. The van der Waals surface area contributed by atoms with Crippen LogP contribution < -0.4 is 14.8 Å². The van der Waals surface area contributed by atoms with E-state index in [2.05, 4.69) is 50.0 Å². The van der Waals surface area contributed by atoms with Crippen LogP contribution in [0.1, 0.15) is 46.4 Å². The van der Waals surface area contributed by atoms with Crippen molar-refractivity contribution in [3.63, 3.8) is 0 Å². The summed E-state index contributed by atoms with van der Waals surface area (Å²) in [6.45, 7) is 3.71. The van der Waals surface area contributed by atoms with Gasteiger partial charge >= 0.3 is 0 Å². The fourth-order valence-electron chi connectivity index (χ4n) is 8.17. The summed E-state index contributed by atoms with van der Waals surface area (Å²) in [6.07, 6.45) is 7.02. The van der Waals surface area contributed by atoms with Crippen LogP contribution >= 0.6 is 0 Å². The molecule has 1 unspecified atom stereocenters. The summed E-state index contributed by atoms with van der Waals surface area (Å²) in [5.41, 5.74) is 4.75. The lowest BCUT2D eigenvalue weighted by atomic mass is 9.81. The van der Waals surface area contributed by atoms with Gasteiger partial charge in [0.1, 0.15) is 24.5 Å². The number of fused-ring (bicyclic) bond motifs is 4. The first-order valence-electron chi connectivity index (χ1n) is 18.7. The highest BCUT2D eigenvalue weighted by Crippen LogP contribution is 2.35. The molecule has 0 radical (unpaired) electrons. The molecule has 2 aromatic carbocycles. The minimum atomic E-state index is -1.01. The third-order valence-corrected chi connectivity index (χ3v) is 11.4. The van der Waals surface area contributed by atoms with Crippen LogP contribution in [0.2, 0.25) is 0 Å². The highest BCUT2D eigenvalue weighted by atomic mass is 16.5. The molecule has 3 aliphatic heterocycles. The van der Waals surface area contributed by atoms with Crippen LogP contribution in [0, 0.1) is 5.92 Å². The Morgan fingerprint density at radius 2 is 1.65 bits per heavy atom. The van der Waals surface area contributed by atoms with Crippen molar-refractivity contribution in [2.24, 2.45) is 13.0 Å². The summed E-state index contributed by atoms with van der Waals surface area (Å²) >= 11 is 0. The lowest BCUT2D eigenvalue weighted by Gasteiger charge is -2.40. The molecular weight excluding hydrogens is 702 g/mol. The van der Waals surface area contributed by atoms with Crippen LogP contribution in [0.4, 0.5) is 0 Å². The first-order valence-corrected chi connectivity index (χ1v) is 18.7. The van der Waals surface area contributed by atoms with Gasteiger partial charge in [0, 0.05) is 98.6 Å². The van der Waals surface area contributed by atoms with Crippen molar-refractivity contribution >= 4 is 51.3 Å². The van der Waals surface area contributed by atoms with Crippen molar-refractivity contribution in [3.8, 4) is 22.8 Å². The molecule has 0 spiro atoms. The topological polar surface area (TPSA) is 156 Å². The number of ether oxygens (including phenoxy) is 2. The summed E-state index contributed by atoms with van der Waals surface area (Å²) in [5.74, 6) is -1.06. The largest absolute Gasteiger partial charge is 0.492 e. The van der Waals surface area contributed by atoms with Gasteiger partial charge in [-0.3, -0.25) is 44.1 Å². The summed E-state index contributed by atoms with van der Waals surface area (Å²) in [7, 11) is 2.07. The number of hydrogen-bond donors (Lipinski definition) is 1. The minimum absolute atomic E-state index is 0.0420. The van der Waals surface area contributed by atoms with Gasteiger partial charge in [0.25, 0.3) is 11.8 Å². The van der Waals surface area contributed by atoms with E-state index < -0.39 is 29.7 Å². The molecule has 6 heterocycles. The number of carbonyl (C=O) groups excluding carboxylic acids is 5. The van der Waals surface area contributed by atoms with E-state index in [1.165, 1.54) is 17.5 Å². The predicted molar refractivity (Wildman–Crippen MR) is 200 cm³/mol. The van der Waals surface area contributed by atoms with Crippen LogP contribution in [-0.2, 0) is 21.4 Å². The number of aromatic nitrogens is 3. The Labute approximate surface area is 316 Å². The molecule has 9 rings (SSSR count). The number of imide groups is 2. The second-order valence-electron chi connectivity index (χ2n) is 14.6. The maximum absolute atomic E-state index is 13.3. The second-order valence-corrected chi connectivity index (χ2v) is 14.6. The summed E-state index contributed by atoms with van der Waals surface area (Å²) < 4.78 is 14.3. The Bertz CT molecular complexity index is 2380. The van der Waals surface area contributed by atoms with E-state index in [1.54, 1.807) is 6.07 Å². The van der Waals surface area contributed by atoms with Crippen LogP contribution in [0.3, 0.4) is 0 Å². The first kappa shape index (κ1) is 34.6. The van der Waals surface area contributed by atoms with Crippen LogP contribution in [0.25, 0.3) is 32.9 Å². The maximum atomic E-state index is 13.3. The van der Waals surface area contributed by atoms with Crippen molar-refractivity contribution < 1.29 is 33.4 Å². The summed E-state index contributed by atoms with van der Waals surface area (Å²) in [5, 5.41) is 4.50. The summed E-state index contributed by atoms with van der Waals surface area (Å²) in [4.78, 5) is 77.2. The Morgan fingerprint density at radius 1 is 0.855 bits per heavy atom. The van der Waals surface area contributed by atoms with Crippen molar-refractivity contribution in [2.75, 3.05) is 39.3 Å². The van der Waals surface area contributed by atoms with Crippen molar-refractivity contribution in [1.29, 1.82) is 0 Å². The Hall–Kier alpha value is -6.15. The molecule has 5 aromatic rings. The number of rotatable bonds is 9. The number of aryl methyl sites for hydroxylation is 1. The van der Waals surface area contributed by atoms with Gasteiger partial charge in [0.2, 0.25) is 23.6 Å². The van der Waals surface area contributed by atoms with Gasteiger partial charge in [-0.2, -0.15) is 0 Å². The molecule has 1 N–H and O–H groups in total. The predicted octanol–water partition coefficient (Wildman–Crippen LogP) is 3.57. The van der Waals surface area contributed by atoms with E-state index in [9.17, 15) is 24.0 Å². The minimum Gasteiger partial charge on any atom is -0.492 e. The third kappa shape index (κ3) is 6.35. The molecule has 5 amide bonds. The quantitative estimate of drug-likeness (QED) is 0.222. The van der Waals surface area contributed by atoms with E-state index in [1.807, 2.05) is 41.7 Å². The lowest BCUT2D eigenvalue weighted by molar-refractivity contribution is -0.143. The zero-order valence-electron chi connectivity index (χ0n) is 30.3. The van der Waals surface area contributed by atoms with Gasteiger partial charge in [-0.1, -0.05) is 12.1 Å². The number of nitrogens with one attached hydrogen (secondary N) is 1. The number of carbonyl (C=O) groups is 5. The Morgan fingerprint density at radius 3 is 2.44 bits per heavy atom. The molecule has 55 heavy (non-hydrogen) atoms. The third-order valence-electron chi connectivity index (χ3n) is 11.4. The first-order chi connectivity index (χ1) is 26.7. The SMILES string of the molecule is Cn1c2ccncc2c2ccc(-c3ccc(OC4CC(C(=O)N5CCN(CCOc6ccc7c(c6)C(=O)N(C6CCC(=O)NC6=O)C7=O)CC5)C4)nc3)cc21. The van der Waals surface area contributed by atoms with E-state index in [0.717, 1.165) is 45.5 Å². The number of piperazine rings is 1. The molecule has 1 atom stereocenters. The number of pyridine rings is 2. The summed E-state index contributed by atoms with van der Waals surface area (Å²) in [6, 6.07) is 16.1. The van der Waals surface area contributed by atoms with Crippen LogP contribution in [0.15, 0.2) is 73.2 Å². The van der Waals surface area contributed by atoms with Gasteiger partial charge in [-0.25, -0.2) is 4.98 Å². The van der Waals surface area contributed by atoms with Gasteiger partial charge in [-0.05, 0) is 61.2 Å². The number of amides is 5. The molecule has 2 saturated heterocycles. The molecule has 3 fully saturated rings. The highest BCUT2D eigenvalue weighted by molar-refractivity contribution is 6.23. The molecular formula is C41H39N7O7. The Balaban J connectivity index is 0.712. The lowest BCUT2D eigenvalue weighted by Crippen LogP contribution is -2.54. The van der Waals surface area contributed by atoms with E-state index >= 15 is 0 Å². The standard InChI is InChI=1S/C41H39N7O7/c1-45-33-10-11-42-23-32(33)29-5-2-24(20-35(29)45)25-3-9-37(43-22-25)55-28-18-26(19-28)39(51)47-14-12-46(13-15-47)16-17-54-27-4-6-30-31(21-27)41(53)48(40(30)52)34-7-8-36(49)44-38(34)50/h2-6,9-11,20-23,26,28,34H,7-8,12-19H2,1H3,(H,44,49,50). The average Bonchev–Trinajstić information content (AvgIpc) is 3.61. The van der Waals surface area contributed by atoms with Crippen molar-refractivity contribution in [2.45, 2.75) is 37.8 Å². The molecule has 4 aliphatic rings. The molecule has 3 aromatic heterocycles. The molecule has 1 saturated carbocycles. The molecule has 14 nitrogen and oxygen atoms in total. The normalized spacial score (nSPS) is 21.5. The number of piperidine rings is 1. The molecule has 0 bridgehead atoms. The van der Waals surface area contributed by atoms with Crippen molar-refractivity contribution in [1.82, 2.24) is 34.6 Å². The smallest absolute Gasteiger partial charge is 0.262 e. The van der Waals surface area contributed by atoms with Crippen LogP contribution in [-0.4, -0.2) is 110 Å². The number of nitrogens with zero attached hydrogens (tertiary/aromatic N) is 6. The van der Waals surface area contributed by atoms with Gasteiger partial charge < -0.3 is 18.9 Å². The molecule has 1 aliphatic carbocycles. The number of benzene rings is 2. The fraction of sp³-hybridized carbons (Fsp3) is 0.341. The van der Waals surface area contributed by atoms with Crippen LogP contribution in [0.5, 0.6) is 11.6 Å². The van der Waals surface area contributed by atoms with Crippen molar-refractivity contribution in [3.05, 3.63) is 84.3 Å². The fourth-order valence-corrected chi connectivity index (χ4v) is 8.17. The molecule has 280 valence electrons.